The fraction of sp³-hybridized carbons (Fsp3) is 0.278. The van der Waals surface area contributed by atoms with Gasteiger partial charge in [0.2, 0.25) is 0 Å². The van der Waals surface area contributed by atoms with Crippen molar-refractivity contribution in [3.05, 3.63) is 125 Å². The zero-order chi connectivity index (χ0) is 27.8. The summed E-state index contributed by atoms with van der Waals surface area (Å²) < 4.78 is 24.2. The molecule has 0 amide bonds. The van der Waals surface area contributed by atoms with Crippen LogP contribution in [0.4, 0.5) is 0 Å². The summed E-state index contributed by atoms with van der Waals surface area (Å²) in [5.74, 6) is 0. The van der Waals surface area contributed by atoms with Gasteiger partial charge in [0, 0.05) is 5.41 Å². The Morgan fingerprint density at radius 2 is 1.07 bits per heavy atom. The van der Waals surface area contributed by atoms with Crippen molar-refractivity contribution in [1.29, 1.82) is 0 Å². The Kier molecular flexibility index (Phi) is 9.35. The summed E-state index contributed by atoms with van der Waals surface area (Å²) in [7, 11) is -5.33. The minimum absolute atomic E-state index is 0.465. The molecule has 0 atom stereocenters. The van der Waals surface area contributed by atoms with Crippen LogP contribution in [0.15, 0.2) is 113 Å². The van der Waals surface area contributed by atoms with Gasteiger partial charge in [-0.1, -0.05) is 0 Å². The maximum absolute atomic E-state index is 12.1. The van der Waals surface area contributed by atoms with E-state index in [2.05, 4.69) is 97.1 Å². The molecule has 0 spiro atoms. The number of hydrogen-bond donors (Lipinski definition) is 0. The molecule has 4 aromatic carbocycles. The Labute approximate surface area is 241 Å². The van der Waals surface area contributed by atoms with Gasteiger partial charge >= 0.3 is 207 Å². The minimum atomic E-state index is -3.22. The molecule has 0 radical (unpaired) electrons. The number of unbranched alkanes of at least 4 members (excludes halogenated alkanes) is 6. The topological polar surface area (TPSA) is 34.1 Å². The second-order valence-electron chi connectivity index (χ2n) is 11.1. The standard InChI is InChI=1S/C36H41O2PS/c1-30-28-36-32(25-27-40(36,37)38)29-31(30)18-10-5-3-2-4-6-17-26-39(33-19-11-7-12-20-33,34-21-13-8-14-22-34)35-23-15-9-16-24-35/h7-9,11-16,19-25,27-29,39H,2-6,10,17-18,26H2,1H3. The van der Waals surface area contributed by atoms with Gasteiger partial charge in [-0.3, -0.25) is 0 Å². The monoisotopic (exact) mass is 568 g/mol. The van der Waals surface area contributed by atoms with Gasteiger partial charge in [-0.25, -0.2) is 8.42 Å². The summed E-state index contributed by atoms with van der Waals surface area (Å²) in [6.07, 6.45) is 12.7. The molecule has 208 valence electrons. The average Bonchev–Trinajstić information content (AvgIpc) is 3.28. The van der Waals surface area contributed by atoms with Gasteiger partial charge in [0.1, 0.15) is 0 Å². The molecule has 1 heterocycles. The number of rotatable bonds is 13. The SMILES string of the molecule is Cc1cc2c(cc1CCCCCCCCC[PH](c1ccccc1)(c1ccccc1)c1ccccc1)C=CS2(=O)=O. The van der Waals surface area contributed by atoms with Crippen molar-refractivity contribution in [2.45, 2.75) is 63.2 Å². The van der Waals surface area contributed by atoms with Crippen LogP contribution in [0.1, 0.15) is 61.6 Å². The van der Waals surface area contributed by atoms with E-state index in [1.165, 1.54) is 71.6 Å². The summed E-state index contributed by atoms with van der Waals surface area (Å²) in [4.78, 5) is 0.465. The molecule has 4 heteroatoms. The van der Waals surface area contributed by atoms with Gasteiger partial charge in [-0.2, -0.15) is 0 Å². The third kappa shape index (κ3) is 6.32. The minimum Gasteiger partial charge on any atom is -0.219 e. The molecule has 4 aromatic rings. The van der Waals surface area contributed by atoms with Crippen LogP contribution in [0.5, 0.6) is 0 Å². The van der Waals surface area contributed by atoms with Gasteiger partial charge in [-0.05, 0) is 6.08 Å². The molecule has 0 N–H and O–H groups in total. The quantitative estimate of drug-likeness (QED) is 0.122. The summed E-state index contributed by atoms with van der Waals surface area (Å²) in [6.45, 7) is 2.03. The van der Waals surface area contributed by atoms with Gasteiger partial charge in [0.05, 0.1) is 4.90 Å². The van der Waals surface area contributed by atoms with Crippen molar-refractivity contribution in [2.75, 3.05) is 6.16 Å². The van der Waals surface area contributed by atoms with Gasteiger partial charge in [0.15, 0.2) is 9.84 Å². The van der Waals surface area contributed by atoms with E-state index in [1.807, 2.05) is 13.0 Å². The first-order valence-corrected chi connectivity index (χ1v) is 18.5. The van der Waals surface area contributed by atoms with Crippen LogP contribution in [0.2, 0.25) is 0 Å². The Balaban J connectivity index is 1.14. The van der Waals surface area contributed by atoms with Gasteiger partial charge in [0.25, 0.3) is 0 Å². The Bertz CT molecular complexity index is 1430. The average molecular weight is 569 g/mol. The summed E-state index contributed by atoms with van der Waals surface area (Å²) in [5, 5.41) is 5.83. The largest absolute Gasteiger partial charge is 0.219 e. The van der Waals surface area contributed by atoms with Crippen LogP contribution < -0.4 is 15.9 Å². The van der Waals surface area contributed by atoms with E-state index in [-0.39, 0.29) is 0 Å². The predicted molar refractivity (Wildman–Crippen MR) is 175 cm³/mol. The van der Waals surface area contributed by atoms with E-state index in [4.69, 9.17) is 0 Å². The van der Waals surface area contributed by atoms with Crippen LogP contribution in [-0.4, -0.2) is 14.6 Å². The molecule has 0 fully saturated rings. The predicted octanol–water partition coefficient (Wildman–Crippen LogP) is 7.75. The first-order valence-electron chi connectivity index (χ1n) is 14.7. The maximum atomic E-state index is 12.1. The molecule has 2 nitrogen and oxygen atoms in total. The summed E-state index contributed by atoms with van der Waals surface area (Å²) >= 11 is 0. The number of benzene rings is 4. The number of sulfone groups is 1. The summed E-state index contributed by atoms with van der Waals surface area (Å²) in [6, 6.07) is 37.6. The van der Waals surface area contributed by atoms with Gasteiger partial charge < -0.3 is 0 Å². The first kappa shape index (κ1) is 28.5. The third-order valence-corrected chi connectivity index (χ3v) is 15.0. The Morgan fingerprint density at radius 1 is 0.600 bits per heavy atom. The normalized spacial score (nSPS) is 14.2. The fourth-order valence-electron chi connectivity index (χ4n) is 6.32. The molecular weight excluding hydrogens is 527 g/mol. The van der Waals surface area contributed by atoms with E-state index in [0.717, 1.165) is 24.0 Å². The van der Waals surface area contributed by atoms with Crippen molar-refractivity contribution >= 4 is 39.1 Å². The van der Waals surface area contributed by atoms with E-state index in [1.54, 1.807) is 6.08 Å². The van der Waals surface area contributed by atoms with E-state index in [0.29, 0.717) is 4.90 Å². The second-order valence-corrected chi connectivity index (χ2v) is 17.0. The van der Waals surface area contributed by atoms with Crippen LogP contribution in [-0.2, 0) is 16.3 Å². The first-order chi connectivity index (χ1) is 19.5. The molecule has 0 aromatic heterocycles. The molecule has 1 aliphatic rings. The van der Waals surface area contributed by atoms with Crippen molar-refractivity contribution in [3.8, 4) is 0 Å². The summed E-state index contributed by atoms with van der Waals surface area (Å²) in [5.41, 5.74) is 3.22. The Morgan fingerprint density at radius 3 is 1.60 bits per heavy atom. The third-order valence-electron chi connectivity index (χ3n) is 8.50. The fourth-order valence-corrected chi connectivity index (χ4v) is 12.5. The number of aryl methyl sites for hydroxylation is 2. The molecule has 0 unspecified atom stereocenters. The van der Waals surface area contributed by atoms with Crippen LogP contribution in [0.25, 0.3) is 6.08 Å². The van der Waals surface area contributed by atoms with Crippen LogP contribution >= 0.6 is 7.26 Å². The molecule has 40 heavy (non-hydrogen) atoms. The van der Waals surface area contributed by atoms with Crippen LogP contribution in [0.3, 0.4) is 0 Å². The van der Waals surface area contributed by atoms with E-state index in [9.17, 15) is 8.42 Å². The van der Waals surface area contributed by atoms with Gasteiger partial charge in [-0.15, -0.1) is 0 Å². The zero-order valence-corrected chi connectivity index (χ0v) is 25.4. The number of fused-ring (bicyclic) bond motifs is 1. The van der Waals surface area contributed by atoms with E-state index < -0.39 is 17.1 Å². The van der Waals surface area contributed by atoms with Crippen molar-refractivity contribution in [3.63, 3.8) is 0 Å². The molecule has 5 rings (SSSR count). The molecule has 0 bridgehead atoms. The molecule has 0 saturated heterocycles. The second kappa shape index (κ2) is 13.1. The molecular formula is C36H41O2PS. The number of hydrogen-bond acceptors (Lipinski definition) is 2. The molecule has 0 aliphatic carbocycles. The van der Waals surface area contributed by atoms with Crippen LogP contribution in [0, 0.1) is 6.92 Å². The van der Waals surface area contributed by atoms with Crippen molar-refractivity contribution < 1.29 is 8.42 Å². The molecule has 0 saturated carbocycles. The maximum Gasteiger partial charge on any atom is 0.200 e. The van der Waals surface area contributed by atoms with Crippen molar-refractivity contribution in [1.82, 2.24) is 0 Å². The smallest absolute Gasteiger partial charge is 0.200 e. The van der Waals surface area contributed by atoms with Crippen molar-refractivity contribution in [2.24, 2.45) is 0 Å². The Hall–Kier alpha value is -3.00. The zero-order valence-electron chi connectivity index (χ0n) is 23.6. The van der Waals surface area contributed by atoms with E-state index >= 15 is 0 Å². The molecule has 1 aliphatic heterocycles.